The number of aryl methyl sites for hydroxylation is 1. The Kier molecular flexibility index (Phi) is 4.24. The lowest BCUT2D eigenvalue weighted by Crippen LogP contribution is -2.54. The van der Waals surface area contributed by atoms with E-state index in [9.17, 15) is 4.79 Å². The van der Waals surface area contributed by atoms with Gasteiger partial charge in [-0.25, -0.2) is 0 Å². The number of hydrogen-bond acceptors (Lipinski definition) is 2. The minimum Gasteiger partial charge on any atom is -0.344 e. The standard InChI is InChI=1S/C20H27N3O/c1-14-10-18(19(24)22-12-17(13-22)20(3,4)5)15(2)23(14)11-16-6-8-21-9-7-16/h6-10,17H,11-13H2,1-5H3. The van der Waals surface area contributed by atoms with Crippen LogP contribution >= 0.6 is 0 Å². The van der Waals surface area contributed by atoms with E-state index in [1.54, 1.807) is 0 Å². The maximum atomic E-state index is 12.8. The van der Waals surface area contributed by atoms with Crippen LogP contribution in [0.5, 0.6) is 0 Å². The fraction of sp³-hybridized carbons (Fsp3) is 0.500. The van der Waals surface area contributed by atoms with Crippen molar-refractivity contribution in [1.82, 2.24) is 14.5 Å². The molecule has 3 heterocycles. The first kappa shape index (κ1) is 16.7. The van der Waals surface area contributed by atoms with E-state index in [4.69, 9.17) is 0 Å². The number of carbonyl (C=O) groups is 1. The van der Waals surface area contributed by atoms with Gasteiger partial charge in [0.15, 0.2) is 0 Å². The van der Waals surface area contributed by atoms with Crippen LogP contribution in [0, 0.1) is 25.2 Å². The number of carbonyl (C=O) groups excluding carboxylic acids is 1. The van der Waals surface area contributed by atoms with Crippen LogP contribution in [0.15, 0.2) is 30.6 Å². The van der Waals surface area contributed by atoms with E-state index in [0.29, 0.717) is 5.92 Å². The maximum Gasteiger partial charge on any atom is 0.255 e. The second kappa shape index (κ2) is 6.08. The molecular formula is C20H27N3O. The minimum atomic E-state index is 0.171. The molecule has 1 aliphatic heterocycles. The van der Waals surface area contributed by atoms with Crippen molar-refractivity contribution in [3.63, 3.8) is 0 Å². The van der Waals surface area contributed by atoms with Gasteiger partial charge in [0, 0.05) is 43.4 Å². The quantitative estimate of drug-likeness (QED) is 0.863. The van der Waals surface area contributed by atoms with Crippen LogP contribution in [0.4, 0.5) is 0 Å². The third-order valence-corrected chi connectivity index (χ3v) is 5.29. The van der Waals surface area contributed by atoms with Gasteiger partial charge < -0.3 is 9.47 Å². The van der Waals surface area contributed by atoms with E-state index in [-0.39, 0.29) is 11.3 Å². The smallest absolute Gasteiger partial charge is 0.255 e. The average Bonchev–Trinajstić information content (AvgIpc) is 2.73. The van der Waals surface area contributed by atoms with Crippen molar-refractivity contribution < 1.29 is 4.79 Å². The van der Waals surface area contributed by atoms with Crippen molar-refractivity contribution in [3.8, 4) is 0 Å². The van der Waals surface area contributed by atoms with Gasteiger partial charge in [0.05, 0.1) is 5.56 Å². The van der Waals surface area contributed by atoms with Gasteiger partial charge in [-0.1, -0.05) is 20.8 Å². The molecule has 0 aromatic carbocycles. The molecule has 0 saturated carbocycles. The van der Waals surface area contributed by atoms with Gasteiger partial charge in [-0.2, -0.15) is 0 Å². The van der Waals surface area contributed by atoms with Crippen LogP contribution < -0.4 is 0 Å². The van der Waals surface area contributed by atoms with Crippen molar-refractivity contribution in [1.29, 1.82) is 0 Å². The van der Waals surface area contributed by atoms with Crippen LogP contribution in [-0.4, -0.2) is 33.4 Å². The van der Waals surface area contributed by atoms with Crippen LogP contribution in [0.25, 0.3) is 0 Å². The van der Waals surface area contributed by atoms with E-state index in [0.717, 1.165) is 36.6 Å². The monoisotopic (exact) mass is 325 g/mol. The summed E-state index contributed by atoms with van der Waals surface area (Å²) in [5, 5.41) is 0. The third kappa shape index (κ3) is 3.10. The number of pyridine rings is 1. The van der Waals surface area contributed by atoms with Gasteiger partial charge in [0.2, 0.25) is 0 Å². The van der Waals surface area contributed by atoms with E-state index >= 15 is 0 Å². The van der Waals surface area contributed by atoms with Crippen molar-refractivity contribution in [2.45, 2.75) is 41.2 Å². The highest BCUT2D eigenvalue weighted by Gasteiger charge is 2.39. The molecular weight excluding hydrogens is 298 g/mol. The lowest BCUT2D eigenvalue weighted by atomic mass is 9.76. The summed E-state index contributed by atoms with van der Waals surface area (Å²) in [6, 6.07) is 6.07. The van der Waals surface area contributed by atoms with E-state index in [2.05, 4.69) is 37.2 Å². The molecule has 1 fully saturated rings. The molecule has 0 bridgehead atoms. The van der Waals surface area contributed by atoms with Gasteiger partial charge in [0.25, 0.3) is 5.91 Å². The largest absolute Gasteiger partial charge is 0.344 e. The van der Waals surface area contributed by atoms with Crippen LogP contribution in [0.2, 0.25) is 0 Å². The number of amides is 1. The molecule has 0 spiro atoms. The minimum absolute atomic E-state index is 0.171. The van der Waals surface area contributed by atoms with Gasteiger partial charge in [-0.15, -0.1) is 0 Å². The summed E-state index contributed by atoms with van der Waals surface area (Å²) in [4.78, 5) is 18.9. The normalized spacial score (nSPS) is 15.5. The molecule has 0 atom stereocenters. The first-order valence-corrected chi connectivity index (χ1v) is 8.62. The molecule has 0 N–H and O–H groups in total. The Labute approximate surface area is 144 Å². The predicted molar refractivity (Wildman–Crippen MR) is 96.1 cm³/mol. The summed E-state index contributed by atoms with van der Waals surface area (Å²) < 4.78 is 2.21. The summed E-state index contributed by atoms with van der Waals surface area (Å²) in [7, 11) is 0. The molecule has 1 saturated heterocycles. The number of rotatable bonds is 3. The third-order valence-electron chi connectivity index (χ3n) is 5.29. The predicted octanol–water partition coefficient (Wildman–Crippen LogP) is 3.67. The molecule has 4 nitrogen and oxygen atoms in total. The highest BCUT2D eigenvalue weighted by molar-refractivity contribution is 5.96. The fourth-order valence-corrected chi connectivity index (χ4v) is 3.29. The summed E-state index contributed by atoms with van der Waals surface area (Å²) in [6.07, 6.45) is 3.62. The Balaban J connectivity index is 1.76. The molecule has 2 aromatic rings. The van der Waals surface area contributed by atoms with E-state index in [1.165, 1.54) is 5.56 Å². The van der Waals surface area contributed by atoms with E-state index < -0.39 is 0 Å². The molecule has 2 aromatic heterocycles. The molecule has 0 unspecified atom stereocenters. The SMILES string of the molecule is Cc1cc(C(=O)N2CC(C(C)(C)C)C2)c(C)n1Cc1ccncc1. The summed E-state index contributed by atoms with van der Waals surface area (Å²) in [5.41, 5.74) is 4.49. The zero-order valence-corrected chi connectivity index (χ0v) is 15.3. The number of likely N-dealkylation sites (tertiary alicyclic amines) is 1. The Hall–Kier alpha value is -2.10. The van der Waals surface area contributed by atoms with E-state index in [1.807, 2.05) is 42.4 Å². The first-order valence-electron chi connectivity index (χ1n) is 8.62. The number of nitrogens with zero attached hydrogens (tertiary/aromatic N) is 3. The van der Waals surface area contributed by atoms with Gasteiger partial charge in [0.1, 0.15) is 0 Å². The Morgan fingerprint density at radius 3 is 2.42 bits per heavy atom. The molecule has 1 aliphatic rings. The highest BCUT2D eigenvalue weighted by Crippen LogP contribution is 2.34. The maximum absolute atomic E-state index is 12.8. The number of hydrogen-bond donors (Lipinski definition) is 0. The van der Waals surface area contributed by atoms with Crippen molar-refractivity contribution in [3.05, 3.63) is 53.1 Å². The Bertz CT molecular complexity index is 734. The molecule has 24 heavy (non-hydrogen) atoms. The molecule has 3 rings (SSSR count). The summed E-state index contributed by atoms with van der Waals surface area (Å²) in [6.45, 7) is 13.4. The second-order valence-electron chi connectivity index (χ2n) is 8.00. The number of aromatic nitrogens is 2. The van der Waals surface area contributed by atoms with Gasteiger partial charge in [-0.05, 0) is 48.9 Å². The van der Waals surface area contributed by atoms with Crippen LogP contribution in [-0.2, 0) is 6.54 Å². The molecule has 128 valence electrons. The van der Waals surface area contributed by atoms with Crippen molar-refractivity contribution in [2.75, 3.05) is 13.1 Å². The summed E-state index contributed by atoms with van der Waals surface area (Å²) in [5.74, 6) is 0.770. The van der Waals surface area contributed by atoms with Gasteiger partial charge in [-0.3, -0.25) is 9.78 Å². The van der Waals surface area contributed by atoms with Gasteiger partial charge >= 0.3 is 0 Å². The lowest BCUT2D eigenvalue weighted by molar-refractivity contribution is 0.0210. The average molecular weight is 325 g/mol. The van der Waals surface area contributed by atoms with Crippen molar-refractivity contribution >= 4 is 5.91 Å². The Morgan fingerprint density at radius 1 is 1.21 bits per heavy atom. The Morgan fingerprint density at radius 2 is 1.83 bits per heavy atom. The first-order chi connectivity index (χ1) is 11.3. The summed E-state index contributed by atoms with van der Waals surface area (Å²) >= 11 is 0. The molecule has 0 aliphatic carbocycles. The topological polar surface area (TPSA) is 38.1 Å². The molecule has 1 amide bonds. The molecule has 0 radical (unpaired) electrons. The molecule has 4 heteroatoms. The fourth-order valence-electron chi connectivity index (χ4n) is 3.29. The zero-order valence-electron chi connectivity index (χ0n) is 15.3. The highest BCUT2D eigenvalue weighted by atomic mass is 16.2. The zero-order chi connectivity index (χ0) is 17.5. The van der Waals surface area contributed by atoms with Crippen LogP contribution in [0.3, 0.4) is 0 Å². The second-order valence-corrected chi connectivity index (χ2v) is 8.00. The van der Waals surface area contributed by atoms with Crippen molar-refractivity contribution in [2.24, 2.45) is 11.3 Å². The lowest BCUT2D eigenvalue weighted by Gasteiger charge is -2.46. The van der Waals surface area contributed by atoms with Crippen LogP contribution in [0.1, 0.15) is 48.1 Å².